The Morgan fingerprint density at radius 3 is 2.75 bits per heavy atom. The minimum Gasteiger partial charge on any atom is -0.379 e. The van der Waals surface area contributed by atoms with E-state index >= 15 is 0 Å². The number of hydrogen-bond acceptors (Lipinski definition) is 7. The van der Waals surface area contributed by atoms with E-state index in [0.717, 1.165) is 30.2 Å². The number of thioether (sulfide) groups is 1. The highest BCUT2D eigenvalue weighted by Crippen LogP contribution is 2.51. The lowest BCUT2D eigenvalue weighted by atomic mass is 9.80. The number of halogens is 5. The molecule has 14 heteroatoms. The van der Waals surface area contributed by atoms with Crippen LogP contribution in [0.1, 0.15) is 21.7 Å². The number of amidine groups is 1. The molecule has 1 aromatic heterocycles. The number of fused-ring (bicyclic) bond motifs is 1. The number of aliphatic imine (C=N–C) groups is 1. The number of rotatable bonds is 5. The van der Waals surface area contributed by atoms with E-state index < -0.39 is 47.8 Å². The molecule has 3 atom stereocenters. The summed E-state index contributed by atoms with van der Waals surface area (Å²) in [7, 11) is 0. The van der Waals surface area contributed by atoms with Gasteiger partial charge in [0.1, 0.15) is 23.7 Å². The van der Waals surface area contributed by atoms with Crippen LogP contribution in [-0.4, -0.2) is 44.8 Å². The minimum atomic E-state index is -3.96. The summed E-state index contributed by atoms with van der Waals surface area (Å²) in [6.07, 6.45) is -0.0260. The first-order valence-corrected chi connectivity index (χ1v) is 10.2. The van der Waals surface area contributed by atoms with Gasteiger partial charge in [-0.3, -0.25) is 9.78 Å². The fourth-order valence-corrected chi connectivity index (χ4v) is 4.73. The smallest absolute Gasteiger partial charge is 0.317 e. The van der Waals surface area contributed by atoms with Crippen LogP contribution >= 0.6 is 11.8 Å². The predicted octanol–water partition coefficient (Wildman–Crippen LogP) is 3.04. The number of nitrogens with zero attached hydrogens (tertiary/aromatic N) is 4. The number of anilines is 1. The summed E-state index contributed by atoms with van der Waals surface area (Å²) in [6.45, 7) is -1.38. The zero-order chi connectivity index (χ0) is 23.1. The average Bonchev–Trinajstić information content (AvgIpc) is 3.15. The maximum atomic E-state index is 14.9. The molecule has 32 heavy (non-hydrogen) atoms. The predicted molar refractivity (Wildman–Crippen MR) is 104 cm³/mol. The number of alkyl halides is 1. The standard InChI is InChI=1S/C18H15F5N6O2S/c19-4-10-5-26-14(6-25-10)15(30)27-9-1-2-13(20)11(3-9)18-8-31-16(29(21,22)23)12(18)7-32-17(24)28-18/h1-3,5-6,12,16H,4,7-8H2,(H2-,24,27,28,30)/p+1. The van der Waals surface area contributed by atoms with Crippen LogP contribution in [0.15, 0.2) is 35.6 Å². The van der Waals surface area contributed by atoms with Crippen molar-refractivity contribution in [2.45, 2.75) is 18.4 Å². The van der Waals surface area contributed by atoms with E-state index in [9.17, 15) is 27.0 Å². The molecule has 3 N–H and O–H groups in total. The highest BCUT2D eigenvalue weighted by atomic mass is 32.2. The molecular formula is C18H16F5N6O2S+. The highest BCUT2D eigenvalue weighted by molar-refractivity contribution is 8.13. The van der Waals surface area contributed by atoms with Gasteiger partial charge in [0.05, 0.1) is 44.1 Å². The number of quaternary nitrogens is 1. The summed E-state index contributed by atoms with van der Waals surface area (Å²) in [5.41, 5.74) is 3.89. The van der Waals surface area contributed by atoms with E-state index in [-0.39, 0.29) is 33.6 Å². The first-order valence-electron chi connectivity index (χ1n) is 9.20. The molecule has 2 aliphatic heterocycles. The number of hydrogen-bond donors (Lipinski definition) is 2. The Labute approximate surface area is 182 Å². The molecule has 1 saturated heterocycles. The molecule has 170 valence electrons. The lowest BCUT2D eigenvalue weighted by Crippen LogP contribution is -2.47. The van der Waals surface area contributed by atoms with Gasteiger partial charge in [-0.2, -0.15) is 0 Å². The third-order valence-corrected chi connectivity index (χ3v) is 6.12. The Balaban J connectivity index is 1.68. The van der Waals surface area contributed by atoms with Gasteiger partial charge in [0.25, 0.3) is 11.1 Å². The molecule has 0 radical (unpaired) electrons. The quantitative estimate of drug-likeness (QED) is 0.509. The summed E-state index contributed by atoms with van der Waals surface area (Å²) < 4.78 is 72.7. The zero-order valence-electron chi connectivity index (χ0n) is 16.1. The van der Waals surface area contributed by atoms with Crippen molar-refractivity contribution in [1.29, 1.82) is 0 Å². The van der Waals surface area contributed by atoms with Crippen molar-refractivity contribution >= 4 is 28.5 Å². The van der Waals surface area contributed by atoms with Gasteiger partial charge in [-0.1, -0.05) is 11.8 Å². The SMILES string of the molecule is NC1=NC2(c3cc(NC(=O)c4cnc(CF)cn4)ccc3F)COC([N+](F)(F)F)C2CS1. The molecule has 8 nitrogen and oxygen atoms in total. The second kappa shape index (κ2) is 8.26. The van der Waals surface area contributed by atoms with E-state index in [4.69, 9.17) is 10.5 Å². The average molecular weight is 475 g/mol. The van der Waals surface area contributed by atoms with Gasteiger partial charge in [-0.15, -0.1) is 0 Å². The molecule has 0 bridgehead atoms. The van der Waals surface area contributed by atoms with Crippen LogP contribution in [-0.2, 0) is 17.0 Å². The number of nitrogens with one attached hydrogen (secondary N) is 1. The van der Waals surface area contributed by atoms with Gasteiger partial charge in [0, 0.05) is 17.0 Å². The Morgan fingerprint density at radius 1 is 1.31 bits per heavy atom. The van der Waals surface area contributed by atoms with E-state index in [1.165, 1.54) is 12.1 Å². The molecule has 2 aliphatic rings. The number of ether oxygens (including phenoxy) is 1. The van der Waals surface area contributed by atoms with Crippen molar-refractivity contribution in [3.05, 3.63) is 53.4 Å². The maximum absolute atomic E-state index is 14.9. The Bertz CT molecular complexity index is 1070. The molecule has 1 amide bonds. The number of carbonyl (C=O) groups excluding carboxylic acids is 1. The van der Waals surface area contributed by atoms with Crippen molar-refractivity contribution < 1.29 is 36.9 Å². The normalized spacial score (nSPS) is 25.2. The largest absolute Gasteiger partial charge is 0.379 e. The van der Waals surface area contributed by atoms with Crippen molar-refractivity contribution in [3.8, 4) is 0 Å². The summed E-state index contributed by atoms with van der Waals surface area (Å²) in [6, 6.07) is 3.45. The lowest BCUT2D eigenvalue weighted by molar-refractivity contribution is -1.29. The summed E-state index contributed by atoms with van der Waals surface area (Å²) in [5.74, 6) is -2.85. The van der Waals surface area contributed by atoms with Gasteiger partial charge in [0.2, 0.25) is 0 Å². The fraction of sp³-hybridized carbons (Fsp3) is 0.333. The lowest BCUT2D eigenvalue weighted by Gasteiger charge is -2.34. The van der Waals surface area contributed by atoms with E-state index in [1.54, 1.807) is 0 Å². The molecule has 4 rings (SSSR count). The van der Waals surface area contributed by atoms with Crippen molar-refractivity contribution in [2.75, 3.05) is 17.7 Å². The third-order valence-electron chi connectivity index (χ3n) is 5.21. The molecular weight excluding hydrogens is 459 g/mol. The number of nitrogens with two attached hydrogens (primary N) is 1. The minimum absolute atomic E-state index is 0.0113. The number of benzene rings is 1. The van der Waals surface area contributed by atoms with Crippen LogP contribution in [0.25, 0.3) is 0 Å². The van der Waals surface area contributed by atoms with Crippen LogP contribution in [0.3, 0.4) is 0 Å². The van der Waals surface area contributed by atoms with E-state index in [0.29, 0.717) is 0 Å². The monoisotopic (exact) mass is 475 g/mol. The first kappa shape index (κ1) is 22.4. The van der Waals surface area contributed by atoms with E-state index in [2.05, 4.69) is 20.3 Å². The van der Waals surface area contributed by atoms with Crippen molar-refractivity contribution in [2.24, 2.45) is 16.6 Å². The molecule has 0 spiro atoms. The first-order chi connectivity index (χ1) is 15.1. The van der Waals surface area contributed by atoms with E-state index in [1.807, 2.05) is 0 Å². The van der Waals surface area contributed by atoms with Gasteiger partial charge >= 0.3 is 6.23 Å². The van der Waals surface area contributed by atoms with Crippen LogP contribution in [0.2, 0.25) is 0 Å². The molecule has 3 unspecified atom stereocenters. The van der Waals surface area contributed by atoms with Crippen LogP contribution in [0, 0.1) is 11.7 Å². The zero-order valence-corrected chi connectivity index (χ0v) is 17.0. The second-order valence-electron chi connectivity index (χ2n) is 7.15. The van der Waals surface area contributed by atoms with Gasteiger partial charge in [-0.25, -0.2) is 18.8 Å². The second-order valence-corrected chi connectivity index (χ2v) is 8.19. The topological polar surface area (TPSA) is 102 Å². The number of aromatic nitrogens is 2. The fourth-order valence-electron chi connectivity index (χ4n) is 3.71. The van der Waals surface area contributed by atoms with Crippen molar-refractivity contribution in [1.82, 2.24) is 9.97 Å². The van der Waals surface area contributed by atoms with Gasteiger partial charge < -0.3 is 15.8 Å². The molecule has 2 aromatic rings. The van der Waals surface area contributed by atoms with Gasteiger partial charge in [-0.05, 0) is 18.2 Å². The Morgan fingerprint density at radius 2 is 2.09 bits per heavy atom. The highest BCUT2D eigenvalue weighted by Gasteiger charge is 2.65. The maximum Gasteiger partial charge on any atom is 0.317 e. The molecule has 1 aromatic carbocycles. The summed E-state index contributed by atoms with van der Waals surface area (Å²) in [5, 5.41) is -1.48. The Kier molecular flexibility index (Phi) is 5.77. The van der Waals surface area contributed by atoms with Crippen LogP contribution in [0.4, 0.5) is 27.9 Å². The number of carbonyl (C=O) groups is 1. The third kappa shape index (κ3) is 4.00. The molecule has 0 saturated carbocycles. The Hall–Kier alpha value is -2.84. The summed E-state index contributed by atoms with van der Waals surface area (Å²) >= 11 is 0.932. The summed E-state index contributed by atoms with van der Waals surface area (Å²) in [4.78, 5) is 24.1. The van der Waals surface area contributed by atoms with Crippen LogP contribution in [0.5, 0.6) is 0 Å². The molecule has 3 heterocycles. The molecule has 1 fully saturated rings. The molecule has 0 aliphatic carbocycles. The number of amides is 1. The van der Waals surface area contributed by atoms with Crippen molar-refractivity contribution in [3.63, 3.8) is 0 Å². The van der Waals surface area contributed by atoms with Crippen LogP contribution < -0.4 is 11.1 Å². The van der Waals surface area contributed by atoms with Gasteiger partial charge in [0.15, 0.2) is 5.17 Å².